The average Bonchev–Trinajstić information content (AvgIpc) is 3.17. The van der Waals surface area contributed by atoms with Crippen molar-refractivity contribution in [3.05, 3.63) is 34.5 Å². The third-order valence-corrected chi connectivity index (χ3v) is 6.07. The Morgan fingerprint density at radius 3 is 2.65 bits per heavy atom. The number of furan rings is 1. The van der Waals surface area contributed by atoms with Crippen molar-refractivity contribution < 1.29 is 18.8 Å². The normalized spacial score (nSPS) is 12.2. The summed E-state index contributed by atoms with van der Waals surface area (Å²) in [5.41, 5.74) is 0.348. The molecule has 0 fully saturated rings. The lowest BCUT2D eigenvalue weighted by Gasteiger charge is -2.03. The molecule has 3 rings (SSSR count). The summed E-state index contributed by atoms with van der Waals surface area (Å²) in [4.78, 5) is 25.2. The number of nitrogens with zero attached hydrogens (tertiary/aromatic N) is 1. The Hall–Kier alpha value is -1.24. The zero-order valence-corrected chi connectivity index (χ0v) is 15.1. The van der Waals surface area contributed by atoms with Crippen LogP contribution in [-0.2, 0) is 11.0 Å². The van der Waals surface area contributed by atoms with Gasteiger partial charge in [-0.05, 0) is 35.9 Å². The van der Waals surface area contributed by atoms with E-state index in [9.17, 15) is 14.4 Å². The molecular weight excluding hydrogens is 353 g/mol. The number of hydrogen-bond acceptors (Lipinski definition) is 5. The first-order chi connectivity index (χ1) is 10.8. The summed E-state index contributed by atoms with van der Waals surface area (Å²) >= 11 is 3.22. The van der Waals surface area contributed by atoms with Crippen LogP contribution in [0.2, 0.25) is 0 Å². The fourth-order valence-electron chi connectivity index (χ4n) is 2.17. The molecule has 0 saturated heterocycles. The summed E-state index contributed by atoms with van der Waals surface area (Å²) < 4.78 is 16.7. The second-order valence-electron chi connectivity index (χ2n) is 5.55. The molecule has 8 heteroatoms. The Morgan fingerprint density at radius 1 is 1.30 bits per heavy atom. The Balaban J connectivity index is 2.06. The van der Waals surface area contributed by atoms with Crippen LogP contribution in [0.5, 0.6) is 0 Å². The second kappa shape index (κ2) is 6.34. The smallest absolute Gasteiger partial charge is 0.391 e. The van der Waals surface area contributed by atoms with Gasteiger partial charge < -0.3 is 14.2 Å². The summed E-state index contributed by atoms with van der Waals surface area (Å²) in [7, 11) is -4.39. The van der Waals surface area contributed by atoms with Gasteiger partial charge >= 0.3 is 7.60 Å². The maximum absolute atomic E-state index is 11.3. The third-order valence-electron chi connectivity index (χ3n) is 3.14. The molecule has 0 bridgehead atoms. The van der Waals surface area contributed by atoms with Gasteiger partial charge in [0.1, 0.15) is 10.7 Å². The number of thiazole rings is 1. The minimum absolute atomic E-state index is 0.325. The van der Waals surface area contributed by atoms with Crippen LogP contribution < -0.4 is 5.50 Å². The van der Waals surface area contributed by atoms with E-state index >= 15 is 0 Å². The molecule has 0 atom stereocenters. The molecule has 3 aromatic rings. The molecule has 0 aliphatic carbocycles. The molecule has 0 aliphatic heterocycles. The number of aromatic nitrogens is 1. The van der Waals surface area contributed by atoms with Gasteiger partial charge in [-0.25, -0.2) is 4.98 Å². The summed E-state index contributed by atoms with van der Waals surface area (Å²) in [5, 5.41) is 2.90. The fraction of sp³-hybridized carbons (Fsp3) is 0.267. The molecule has 2 N–H and O–H groups in total. The Morgan fingerprint density at radius 2 is 2.09 bits per heavy atom. The van der Waals surface area contributed by atoms with E-state index in [-0.39, 0.29) is 5.50 Å². The lowest BCUT2D eigenvalue weighted by molar-refractivity contribution is 0.377. The first kappa shape index (κ1) is 16.6. The number of hydrogen-bond donors (Lipinski definition) is 2. The molecule has 5 nitrogen and oxygen atoms in total. The van der Waals surface area contributed by atoms with Crippen LogP contribution in [0.4, 0.5) is 0 Å². The maximum atomic E-state index is 11.3. The van der Waals surface area contributed by atoms with Crippen molar-refractivity contribution >= 4 is 35.8 Å². The molecule has 0 unspecified atom stereocenters. The van der Waals surface area contributed by atoms with Crippen molar-refractivity contribution in [3.8, 4) is 21.3 Å². The van der Waals surface area contributed by atoms with Crippen molar-refractivity contribution in [2.45, 2.75) is 20.3 Å². The monoisotopic (exact) mass is 369 g/mol. The molecule has 0 aliphatic rings. The minimum Gasteiger partial charge on any atom is -0.446 e. The van der Waals surface area contributed by atoms with Crippen molar-refractivity contribution in [1.29, 1.82) is 0 Å². The molecular formula is C15H16NO4PS2. The molecule has 3 heterocycles. The van der Waals surface area contributed by atoms with Gasteiger partial charge in [-0.1, -0.05) is 19.9 Å². The van der Waals surface area contributed by atoms with E-state index < -0.39 is 7.60 Å². The van der Waals surface area contributed by atoms with Gasteiger partial charge in [-0.15, -0.1) is 22.7 Å². The Labute approximate surface area is 141 Å². The van der Waals surface area contributed by atoms with Crippen LogP contribution in [0, 0.1) is 5.92 Å². The van der Waals surface area contributed by atoms with Crippen LogP contribution in [-0.4, -0.2) is 14.8 Å². The quantitative estimate of drug-likeness (QED) is 0.661. The molecule has 0 radical (unpaired) electrons. The average molecular weight is 369 g/mol. The predicted octanol–water partition coefficient (Wildman–Crippen LogP) is 4.13. The molecule has 3 aromatic heterocycles. The molecule has 0 saturated carbocycles. The third kappa shape index (κ3) is 3.65. The van der Waals surface area contributed by atoms with Crippen molar-refractivity contribution in [1.82, 2.24) is 4.98 Å². The van der Waals surface area contributed by atoms with E-state index in [0.717, 1.165) is 21.2 Å². The Kier molecular flexibility index (Phi) is 4.58. The minimum atomic E-state index is -4.39. The summed E-state index contributed by atoms with van der Waals surface area (Å²) in [6, 6.07) is 6.88. The molecule has 0 spiro atoms. The SMILES string of the molecule is CC(C)Cc1sc(-c2cccs2)nc1-c1ccc(P(=O)(O)O)o1. The van der Waals surface area contributed by atoms with Crippen LogP contribution in [0.3, 0.4) is 0 Å². The van der Waals surface area contributed by atoms with Crippen molar-refractivity contribution in [2.24, 2.45) is 5.92 Å². The van der Waals surface area contributed by atoms with E-state index in [1.54, 1.807) is 28.7 Å². The van der Waals surface area contributed by atoms with E-state index in [2.05, 4.69) is 18.8 Å². The largest absolute Gasteiger partial charge is 0.446 e. The topological polar surface area (TPSA) is 83.6 Å². The van der Waals surface area contributed by atoms with E-state index in [1.807, 2.05) is 17.5 Å². The van der Waals surface area contributed by atoms with Gasteiger partial charge in [-0.2, -0.15) is 0 Å². The first-order valence-electron chi connectivity index (χ1n) is 7.04. The van der Waals surface area contributed by atoms with E-state index in [4.69, 9.17) is 4.42 Å². The summed E-state index contributed by atoms with van der Waals surface area (Å²) in [6.45, 7) is 4.25. The maximum Gasteiger partial charge on any atom is 0.391 e. The zero-order valence-electron chi connectivity index (χ0n) is 12.6. The van der Waals surface area contributed by atoms with Gasteiger partial charge in [-0.3, -0.25) is 4.57 Å². The summed E-state index contributed by atoms with van der Waals surface area (Å²) in [5.74, 6) is 0.847. The van der Waals surface area contributed by atoms with Crippen molar-refractivity contribution in [2.75, 3.05) is 0 Å². The van der Waals surface area contributed by atoms with E-state index in [1.165, 1.54) is 6.07 Å². The molecule has 0 aromatic carbocycles. The Bertz CT molecular complexity index is 845. The molecule has 0 amide bonds. The zero-order chi connectivity index (χ0) is 16.6. The van der Waals surface area contributed by atoms with Gasteiger partial charge in [0, 0.05) is 4.88 Å². The second-order valence-corrected chi connectivity index (χ2v) is 9.11. The highest BCUT2D eigenvalue weighted by atomic mass is 32.1. The lowest BCUT2D eigenvalue weighted by atomic mass is 10.1. The molecule has 122 valence electrons. The highest BCUT2D eigenvalue weighted by molar-refractivity contribution is 7.59. The summed E-state index contributed by atoms with van der Waals surface area (Å²) in [6.07, 6.45) is 0.838. The van der Waals surface area contributed by atoms with E-state index in [0.29, 0.717) is 17.4 Å². The standard InChI is InChI=1S/C15H16NO4PS2/c1-9(2)8-12-14(10-5-6-13(20-10)21(17,18)19)16-15(23-12)11-4-3-7-22-11/h3-7,9H,8H2,1-2H3,(H2,17,18,19). The first-order valence-corrected chi connectivity index (χ1v) is 10.4. The fourth-order valence-corrected chi connectivity index (χ4v) is 4.73. The molecule has 23 heavy (non-hydrogen) atoms. The van der Waals surface area contributed by atoms with Crippen LogP contribution in [0.1, 0.15) is 18.7 Å². The predicted molar refractivity (Wildman–Crippen MR) is 93.3 cm³/mol. The lowest BCUT2D eigenvalue weighted by Crippen LogP contribution is -1.98. The highest BCUT2D eigenvalue weighted by Gasteiger charge is 2.25. The number of thiophene rings is 1. The van der Waals surface area contributed by atoms with Gasteiger partial charge in [0.15, 0.2) is 5.76 Å². The van der Waals surface area contributed by atoms with Crippen LogP contribution in [0.25, 0.3) is 21.3 Å². The van der Waals surface area contributed by atoms with Crippen molar-refractivity contribution in [3.63, 3.8) is 0 Å². The van der Waals surface area contributed by atoms with Gasteiger partial charge in [0.25, 0.3) is 0 Å². The highest BCUT2D eigenvalue weighted by Crippen LogP contribution is 2.39. The van der Waals surface area contributed by atoms with Crippen LogP contribution in [0.15, 0.2) is 34.1 Å². The number of rotatable bonds is 5. The van der Waals surface area contributed by atoms with Gasteiger partial charge in [0.05, 0.1) is 4.88 Å². The van der Waals surface area contributed by atoms with Gasteiger partial charge in [0.2, 0.25) is 5.50 Å². The van der Waals surface area contributed by atoms with Crippen LogP contribution >= 0.6 is 30.3 Å².